The van der Waals surface area contributed by atoms with E-state index >= 15 is 0 Å². The van der Waals surface area contributed by atoms with Gasteiger partial charge in [-0.25, -0.2) is 0 Å². The van der Waals surface area contributed by atoms with Gasteiger partial charge in [0.2, 0.25) is 5.89 Å². The fourth-order valence-electron chi connectivity index (χ4n) is 3.29. The number of fused-ring (bicyclic) bond motifs is 1. The monoisotopic (exact) mass is 286 g/mol. The zero-order chi connectivity index (χ0) is 14.2. The Labute approximate surface area is 124 Å². The second kappa shape index (κ2) is 5.30. The van der Waals surface area contributed by atoms with Crippen molar-refractivity contribution in [2.75, 3.05) is 6.54 Å². The smallest absolute Gasteiger partial charge is 0.229 e. The van der Waals surface area contributed by atoms with Crippen LogP contribution in [-0.2, 0) is 13.0 Å². The molecule has 0 spiro atoms. The first-order chi connectivity index (χ1) is 10.3. The molecule has 2 aliphatic rings. The largest absolute Gasteiger partial charge is 0.346 e. The highest BCUT2D eigenvalue weighted by atomic mass is 16.5. The van der Waals surface area contributed by atoms with Crippen molar-refractivity contribution in [1.29, 1.82) is 0 Å². The fourth-order valence-corrected chi connectivity index (χ4v) is 3.29. The van der Waals surface area contributed by atoms with E-state index in [0.717, 1.165) is 18.3 Å². The third kappa shape index (κ3) is 2.62. The van der Waals surface area contributed by atoms with Crippen LogP contribution in [0.15, 0.2) is 16.9 Å². The van der Waals surface area contributed by atoms with Crippen LogP contribution in [-0.4, -0.2) is 21.3 Å². The van der Waals surface area contributed by atoms with Gasteiger partial charge in [-0.05, 0) is 49.8 Å². The summed E-state index contributed by atoms with van der Waals surface area (Å²) in [6.07, 6.45) is 10.6. The molecule has 4 rings (SSSR count). The molecule has 1 fully saturated rings. The Bertz CT molecular complexity index is 626. The van der Waals surface area contributed by atoms with Crippen molar-refractivity contribution in [3.63, 3.8) is 0 Å². The summed E-state index contributed by atoms with van der Waals surface area (Å²) in [7, 11) is 0. The Balaban J connectivity index is 1.52. The topological polar surface area (TPSA) is 55.9 Å². The van der Waals surface area contributed by atoms with E-state index in [1.165, 1.54) is 43.2 Å². The zero-order valence-electron chi connectivity index (χ0n) is 12.5. The van der Waals surface area contributed by atoms with E-state index in [9.17, 15) is 0 Å². The Morgan fingerprint density at radius 1 is 1.33 bits per heavy atom. The fraction of sp³-hybridized carbons (Fsp3) is 0.625. The molecule has 2 aromatic heterocycles. The number of rotatable bonds is 5. The van der Waals surface area contributed by atoms with Gasteiger partial charge in [-0.1, -0.05) is 12.1 Å². The summed E-state index contributed by atoms with van der Waals surface area (Å²) in [6.45, 7) is 3.90. The predicted molar refractivity (Wildman–Crippen MR) is 79.2 cm³/mol. The molecular weight excluding hydrogens is 264 g/mol. The van der Waals surface area contributed by atoms with Gasteiger partial charge in [0.05, 0.1) is 6.54 Å². The summed E-state index contributed by atoms with van der Waals surface area (Å²) >= 11 is 0. The molecule has 0 aliphatic heterocycles. The average molecular weight is 286 g/mol. The lowest BCUT2D eigenvalue weighted by molar-refractivity contribution is 0.373. The van der Waals surface area contributed by atoms with Gasteiger partial charge in [0.25, 0.3) is 0 Å². The molecule has 1 N–H and O–H groups in total. The van der Waals surface area contributed by atoms with Gasteiger partial charge in [0.1, 0.15) is 0 Å². The highest BCUT2D eigenvalue weighted by molar-refractivity contribution is 5.30. The third-order valence-electron chi connectivity index (χ3n) is 4.50. The van der Waals surface area contributed by atoms with Crippen molar-refractivity contribution in [3.8, 4) is 0 Å². The van der Waals surface area contributed by atoms with Gasteiger partial charge in [0, 0.05) is 24.4 Å². The number of aromatic nitrogens is 3. The molecule has 1 unspecified atom stereocenters. The van der Waals surface area contributed by atoms with E-state index in [4.69, 9.17) is 4.52 Å². The molecule has 2 heterocycles. The Kier molecular flexibility index (Phi) is 3.30. The molecule has 0 radical (unpaired) electrons. The molecule has 21 heavy (non-hydrogen) atoms. The first kappa shape index (κ1) is 13.1. The third-order valence-corrected chi connectivity index (χ3v) is 4.50. The molecule has 2 aliphatic carbocycles. The highest BCUT2D eigenvalue weighted by Gasteiger charge is 2.29. The van der Waals surface area contributed by atoms with Crippen LogP contribution < -0.4 is 5.32 Å². The number of nitrogens with zero attached hydrogens (tertiary/aromatic N) is 3. The molecule has 1 saturated carbocycles. The first-order valence-electron chi connectivity index (χ1n) is 8.08. The van der Waals surface area contributed by atoms with Crippen molar-refractivity contribution >= 4 is 0 Å². The summed E-state index contributed by atoms with van der Waals surface area (Å²) in [4.78, 5) is 4.51. The second-order valence-corrected chi connectivity index (χ2v) is 6.24. The summed E-state index contributed by atoms with van der Waals surface area (Å²) in [5.41, 5.74) is 2.92. The van der Waals surface area contributed by atoms with Crippen molar-refractivity contribution in [1.82, 2.24) is 20.0 Å². The van der Waals surface area contributed by atoms with Crippen molar-refractivity contribution in [3.05, 3.63) is 35.2 Å². The van der Waals surface area contributed by atoms with Crippen LogP contribution >= 0.6 is 0 Å². The summed E-state index contributed by atoms with van der Waals surface area (Å²) in [6, 6.07) is 0.507. The lowest BCUT2D eigenvalue weighted by atomic mass is 9.91. The maximum Gasteiger partial charge on any atom is 0.229 e. The van der Waals surface area contributed by atoms with Crippen LogP contribution in [0.4, 0.5) is 0 Å². The van der Waals surface area contributed by atoms with Crippen molar-refractivity contribution in [2.45, 2.75) is 57.5 Å². The zero-order valence-corrected chi connectivity index (χ0v) is 12.5. The molecule has 0 saturated heterocycles. The minimum atomic E-state index is 0.507. The maximum absolute atomic E-state index is 5.34. The molecule has 5 heteroatoms. The lowest BCUT2D eigenvalue weighted by Crippen LogP contribution is -2.23. The van der Waals surface area contributed by atoms with E-state index in [2.05, 4.69) is 39.3 Å². The summed E-state index contributed by atoms with van der Waals surface area (Å²) in [5, 5.41) is 7.69. The molecule has 5 nitrogen and oxygen atoms in total. The maximum atomic E-state index is 5.34. The Hall–Kier alpha value is -1.62. The van der Waals surface area contributed by atoms with Crippen LogP contribution in [0.25, 0.3) is 0 Å². The van der Waals surface area contributed by atoms with Gasteiger partial charge in [0.15, 0.2) is 5.82 Å². The van der Waals surface area contributed by atoms with Crippen LogP contribution in [0.5, 0.6) is 0 Å². The SMILES string of the molecule is CCNC1CCCc2cn(Cc3noc(C4CC4)n3)cc21. The van der Waals surface area contributed by atoms with Gasteiger partial charge in [-0.2, -0.15) is 4.98 Å². The highest BCUT2D eigenvalue weighted by Crippen LogP contribution is 2.39. The molecule has 0 amide bonds. The van der Waals surface area contributed by atoms with E-state index in [1.54, 1.807) is 0 Å². The minimum Gasteiger partial charge on any atom is -0.346 e. The molecule has 1 atom stereocenters. The van der Waals surface area contributed by atoms with E-state index in [1.807, 2.05) is 0 Å². The minimum absolute atomic E-state index is 0.507. The van der Waals surface area contributed by atoms with Crippen LogP contribution in [0.2, 0.25) is 0 Å². The standard InChI is InChI=1S/C16H22N4O/c1-2-17-14-5-3-4-12-8-20(9-13(12)14)10-15-18-16(21-19-15)11-6-7-11/h8-9,11,14,17H,2-7,10H2,1H3. The van der Waals surface area contributed by atoms with Gasteiger partial charge in [-0.3, -0.25) is 0 Å². The number of aryl methyl sites for hydroxylation is 1. The molecule has 112 valence electrons. The van der Waals surface area contributed by atoms with E-state index in [-0.39, 0.29) is 0 Å². The molecule has 0 aromatic carbocycles. The Morgan fingerprint density at radius 3 is 3.05 bits per heavy atom. The Morgan fingerprint density at radius 2 is 2.24 bits per heavy atom. The van der Waals surface area contributed by atoms with Crippen molar-refractivity contribution in [2.24, 2.45) is 0 Å². The van der Waals surface area contributed by atoms with E-state index in [0.29, 0.717) is 18.5 Å². The summed E-state index contributed by atoms with van der Waals surface area (Å²) < 4.78 is 7.55. The lowest BCUT2D eigenvalue weighted by Gasteiger charge is -2.22. The number of hydrogen-bond acceptors (Lipinski definition) is 4. The van der Waals surface area contributed by atoms with Crippen LogP contribution in [0, 0.1) is 0 Å². The van der Waals surface area contributed by atoms with Crippen LogP contribution in [0.1, 0.15) is 67.4 Å². The number of nitrogens with one attached hydrogen (secondary N) is 1. The van der Waals surface area contributed by atoms with Gasteiger partial charge < -0.3 is 14.4 Å². The quantitative estimate of drug-likeness (QED) is 0.918. The normalized spacial score (nSPS) is 21.5. The van der Waals surface area contributed by atoms with Gasteiger partial charge in [-0.15, -0.1) is 0 Å². The molecule has 0 bridgehead atoms. The molecular formula is C16H22N4O. The van der Waals surface area contributed by atoms with E-state index < -0.39 is 0 Å². The predicted octanol–water partition coefficient (Wildman–Crippen LogP) is 2.78. The first-order valence-corrected chi connectivity index (χ1v) is 8.08. The van der Waals surface area contributed by atoms with Crippen LogP contribution in [0.3, 0.4) is 0 Å². The van der Waals surface area contributed by atoms with Gasteiger partial charge >= 0.3 is 0 Å². The van der Waals surface area contributed by atoms with Crippen molar-refractivity contribution < 1.29 is 4.52 Å². The number of hydrogen-bond donors (Lipinski definition) is 1. The second-order valence-electron chi connectivity index (χ2n) is 6.24. The average Bonchev–Trinajstić information content (AvgIpc) is 3.08. The molecule has 2 aromatic rings. The summed E-state index contributed by atoms with van der Waals surface area (Å²) in [5.74, 6) is 2.15.